The molecule has 8 nitrogen and oxygen atoms in total. The van der Waals surface area contributed by atoms with Crippen LogP contribution in [-0.4, -0.2) is 30.0 Å². The molecule has 0 fully saturated rings. The number of carbonyl (C=O) groups excluding carboxylic acids is 2. The maximum atomic E-state index is 11.8. The zero-order chi connectivity index (χ0) is 18.9. The molecule has 2 rings (SSSR count). The van der Waals surface area contributed by atoms with Gasteiger partial charge in [0.15, 0.2) is 19.0 Å². The topological polar surface area (TPSA) is 108 Å². The minimum atomic E-state index is -0.800. The predicted octanol–water partition coefficient (Wildman–Crippen LogP) is 2.39. The number of benzene rings is 2. The average Bonchev–Trinajstić information content (AvgIpc) is 2.65. The van der Waals surface area contributed by atoms with Crippen molar-refractivity contribution in [1.29, 1.82) is 0 Å². The molecule has 26 heavy (non-hydrogen) atoms. The molecule has 0 saturated heterocycles. The second-order valence-corrected chi connectivity index (χ2v) is 5.37. The number of carbonyl (C=O) groups is 2. The van der Waals surface area contributed by atoms with Crippen molar-refractivity contribution in [3.8, 4) is 5.75 Å². The van der Waals surface area contributed by atoms with E-state index < -0.39 is 30.0 Å². The van der Waals surface area contributed by atoms with E-state index in [1.54, 1.807) is 6.07 Å². The second kappa shape index (κ2) is 9.16. The summed E-state index contributed by atoms with van der Waals surface area (Å²) in [6.07, 6.45) is 0. The van der Waals surface area contributed by atoms with Crippen molar-refractivity contribution < 1.29 is 24.0 Å². The summed E-state index contributed by atoms with van der Waals surface area (Å²) >= 11 is 0. The molecule has 1 N–H and O–H groups in total. The van der Waals surface area contributed by atoms with Crippen molar-refractivity contribution in [2.75, 3.05) is 13.2 Å². The number of para-hydroxylation sites is 2. The van der Waals surface area contributed by atoms with E-state index in [-0.39, 0.29) is 17.5 Å². The second-order valence-electron chi connectivity index (χ2n) is 5.37. The molecule has 0 bridgehead atoms. The number of rotatable bonds is 8. The number of nitrogens with one attached hydrogen (secondary N) is 1. The molecule has 1 atom stereocenters. The van der Waals surface area contributed by atoms with Crippen LogP contribution in [0.2, 0.25) is 0 Å². The first kappa shape index (κ1) is 18.9. The molecular formula is C18H18N2O6. The normalized spacial score (nSPS) is 11.3. The zero-order valence-electron chi connectivity index (χ0n) is 14.1. The van der Waals surface area contributed by atoms with E-state index in [2.05, 4.69) is 5.32 Å². The van der Waals surface area contributed by atoms with E-state index in [4.69, 9.17) is 9.47 Å². The van der Waals surface area contributed by atoms with E-state index in [1.165, 1.54) is 18.2 Å². The van der Waals surface area contributed by atoms with Crippen molar-refractivity contribution in [3.63, 3.8) is 0 Å². The number of nitro groups is 1. The van der Waals surface area contributed by atoms with E-state index in [0.29, 0.717) is 0 Å². The molecule has 0 aliphatic rings. The van der Waals surface area contributed by atoms with Crippen molar-refractivity contribution in [3.05, 3.63) is 70.3 Å². The number of hydrogen-bond donors (Lipinski definition) is 1. The van der Waals surface area contributed by atoms with Crippen LogP contribution < -0.4 is 10.1 Å². The molecule has 2 aromatic carbocycles. The summed E-state index contributed by atoms with van der Waals surface area (Å²) in [6.45, 7) is 0.815. The fourth-order valence-corrected chi connectivity index (χ4v) is 2.16. The average molecular weight is 358 g/mol. The Kier molecular flexibility index (Phi) is 6.67. The van der Waals surface area contributed by atoms with Gasteiger partial charge in [0.25, 0.3) is 5.91 Å². The molecule has 1 amide bonds. The number of nitro benzene ring substituents is 1. The Labute approximate surface area is 149 Å². The van der Waals surface area contributed by atoms with Crippen LogP contribution >= 0.6 is 0 Å². The van der Waals surface area contributed by atoms with E-state index in [0.717, 1.165) is 5.56 Å². The summed E-state index contributed by atoms with van der Waals surface area (Å²) in [4.78, 5) is 33.7. The van der Waals surface area contributed by atoms with Crippen LogP contribution in [0.25, 0.3) is 0 Å². The van der Waals surface area contributed by atoms with Gasteiger partial charge in [-0.2, -0.15) is 0 Å². The molecule has 0 heterocycles. The van der Waals surface area contributed by atoms with E-state index in [9.17, 15) is 19.7 Å². The molecule has 0 aromatic heterocycles. The van der Waals surface area contributed by atoms with Crippen LogP contribution in [0.15, 0.2) is 54.6 Å². The van der Waals surface area contributed by atoms with Gasteiger partial charge in [0.1, 0.15) is 0 Å². The Hall–Kier alpha value is -3.42. The molecule has 0 aliphatic carbocycles. The van der Waals surface area contributed by atoms with E-state index >= 15 is 0 Å². The maximum absolute atomic E-state index is 11.8. The fourth-order valence-electron chi connectivity index (χ4n) is 2.16. The lowest BCUT2D eigenvalue weighted by atomic mass is 10.1. The molecular weight excluding hydrogens is 340 g/mol. The number of ether oxygens (including phenoxy) is 2. The summed E-state index contributed by atoms with van der Waals surface area (Å²) < 4.78 is 9.91. The quantitative estimate of drug-likeness (QED) is 0.441. The van der Waals surface area contributed by atoms with Gasteiger partial charge < -0.3 is 14.8 Å². The van der Waals surface area contributed by atoms with Crippen LogP contribution in [0.5, 0.6) is 5.75 Å². The number of hydrogen-bond acceptors (Lipinski definition) is 6. The zero-order valence-corrected chi connectivity index (χ0v) is 14.1. The lowest BCUT2D eigenvalue weighted by molar-refractivity contribution is -0.385. The van der Waals surface area contributed by atoms with Crippen molar-refractivity contribution in [2.24, 2.45) is 0 Å². The highest BCUT2D eigenvalue weighted by molar-refractivity contribution is 5.81. The minimum absolute atomic E-state index is 0.0448. The van der Waals surface area contributed by atoms with Crippen LogP contribution in [0.1, 0.15) is 18.5 Å². The summed E-state index contributed by atoms with van der Waals surface area (Å²) in [5.74, 6) is -1.30. The van der Waals surface area contributed by atoms with Crippen LogP contribution in [-0.2, 0) is 14.3 Å². The third-order valence-corrected chi connectivity index (χ3v) is 3.45. The Morgan fingerprint density at radius 3 is 2.42 bits per heavy atom. The monoisotopic (exact) mass is 358 g/mol. The summed E-state index contributed by atoms with van der Waals surface area (Å²) in [5.41, 5.74) is 0.668. The van der Waals surface area contributed by atoms with E-state index in [1.807, 2.05) is 37.3 Å². The van der Waals surface area contributed by atoms with Crippen LogP contribution in [0.4, 0.5) is 5.69 Å². The standard InChI is InChI=1S/C18H18N2O6/c1-13(14-7-3-2-4-8-14)19-17(21)11-26-18(22)12-25-16-10-6-5-9-15(16)20(23)24/h2-10,13H,11-12H2,1H3,(H,19,21)/t13-/m1/s1. The molecule has 0 spiro atoms. The van der Waals surface area contributed by atoms with Gasteiger partial charge in [-0.25, -0.2) is 4.79 Å². The number of esters is 1. The lowest BCUT2D eigenvalue weighted by Crippen LogP contribution is -2.31. The number of nitrogens with zero attached hydrogens (tertiary/aromatic N) is 1. The molecule has 136 valence electrons. The summed E-state index contributed by atoms with van der Waals surface area (Å²) in [6, 6.07) is 14.8. The van der Waals surface area contributed by atoms with Crippen molar-refractivity contribution >= 4 is 17.6 Å². The van der Waals surface area contributed by atoms with Crippen LogP contribution in [0.3, 0.4) is 0 Å². The van der Waals surface area contributed by atoms with Gasteiger partial charge in [-0.1, -0.05) is 42.5 Å². The Bertz CT molecular complexity index is 778. The first-order chi connectivity index (χ1) is 12.5. The van der Waals surface area contributed by atoms with Gasteiger partial charge in [0, 0.05) is 6.07 Å². The highest BCUT2D eigenvalue weighted by Crippen LogP contribution is 2.25. The predicted molar refractivity (Wildman–Crippen MR) is 92.6 cm³/mol. The maximum Gasteiger partial charge on any atom is 0.344 e. The SMILES string of the molecule is C[C@@H](NC(=O)COC(=O)COc1ccccc1[N+](=O)[O-])c1ccccc1. The van der Waals surface area contributed by atoms with Crippen molar-refractivity contribution in [1.82, 2.24) is 5.32 Å². The van der Waals surface area contributed by atoms with Gasteiger partial charge in [-0.3, -0.25) is 14.9 Å². The summed E-state index contributed by atoms with van der Waals surface area (Å²) in [7, 11) is 0. The van der Waals surface area contributed by atoms with Gasteiger partial charge in [0.05, 0.1) is 11.0 Å². The largest absolute Gasteiger partial charge is 0.475 e. The lowest BCUT2D eigenvalue weighted by Gasteiger charge is -2.14. The Morgan fingerprint density at radius 2 is 1.73 bits per heavy atom. The first-order valence-electron chi connectivity index (χ1n) is 7.83. The molecule has 0 saturated carbocycles. The molecule has 0 radical (unpaired) electrons. The Morgan fingerprint density at radius 1 is 1.08 bits per heavy atom. The molecule has 8 heteroatoms. The smallest absolute Gasteiger partial charge is 0.344 e. The number of amides is 1. The molecule has 2 aromatic rings. The fraction of sp³-hybridized carbons (Fsp3) is 0.222. The van der Waals surface area contributed by atoms with Gasteiger partial charge >= 0.3 is 11.7 Å². The Balaban J connectivity index is 1.77. The third-order valence-electron chi connectivity index (χ3n) is 3.45. The molecule has 0 aliphatic heterocycles. The van der Waals surface area contributed by atoms with Gasteiger partial charge in [0.2, 0.25) is 0 Å². The third kappa shape index (κ3) is 5.59. The van der Waals surface area contributed by atoms with Gasteiger partial charge in [-0.15, -0.1) is 0 Å². The highest BCUT2D eigenvalue weighted by Gasteiger charge is 2.16. The van der Waals surface area contributed by atoms with Crippen LogP contribution in [0, 0.1) is 10.1 Å². The first-order valence-corrected chi connectivity index (χ1v) is 7.83. The highest BCUT2D eigenvalue weighted by atomic mass is 16.6. The summed E-state index contributed by atoms with van der Waals surface area (Å²) in [5, 5.41) is 13.6. The molecule has 0 unspecified atom stereocenters. The van der Waals surface area contributed by atoms with Gasteiger partial charge in [-0.05, 0) is 18.6 Å². The minimum Gasteiger partial charge on any atom is -0.475 e. The van der Waals surface area contributed by atoms with Crippen molar-refractivity contribution in [2.45, 2.75) is 13.0 Å².